The Bertz CT molecular complexity index is 1350. The third kappa shape index (κ3) is 5.00. The average Bonchev–Trinajstić information content (AvgIpc) is 2.94. The third-order valence-electron chi connectivity index (χ3n) is 10.7. The minimum absolute atomic E-state index is 0.00406. The second-order valence-corrected chi connectivity index (χ2v) is 13.6. The van der Waals surface area contributed by atoms with Gasteiger partial charge in [-0.1, -0.05) is 51.1 Å². The Morgan fingerprint density at radius 2 is 1.77 bits per heavy atom. The number of benzene rings is 1. The van der Waals surface area contributed by atoms with Gasteiger partial charge in [0.05, 0.1) is 24.2 Å². The van der Waals surface area contributed by atoms with Crippen LogP contribution in [0.15, 0.2) is 54.1 Å². The molecule has 1 heterocycles. The van der Waals surface area contributed by atoms with Crippen LogP contribution in [0.25, 0.3) is 0 Å². The topological polar surface area (TPSA) is 138 Å². The Kier molecular flexibility index (Phi) is 8.37. The molecule has 4 aliphatic rings. The van der Waals surface area contributed by atoms with Crippen molar-refractivity contribution in [2.75, 3.05) is 6.61 Å². The molecular formula is C34H44O10. The van der Waals surface area contributed by atoms with E-state index in [9.17, 15) is 24.6 Å². The lowest BCUT2D eigenvalue weighted by molar-refractivity contribution is -0.361. The van der Waals surface area contributed by atoms with Crippen molar-refractivity contribution in [3.63, 3.8) is 0 Å². The van der Waals surface area contributed by atoms with Gasteiger partial charge in [-0.3, -0.25) is 9.59 Å². The van der Waals surface area contributed by atoms with E-state index in [-0.39, 0.29) is 25.9 Å². The van der Waals surface area contributed by atoms with E-state index in [0.717, 1.165) is 11.1 Å². The summed E-state index contributed by atoms with van der Waals surface area (Å²) in [5.74, 6) is -2.59. The fraction of sp³-hybridized carbons (Fsp3) is 0.618. The van der Waals surface area contributed by atoms with Crippen LogP contribution in [0, 0.1) is 16.7 Å². The lowest BCUT2D eigenvalue weighted by Gasteiger charge is -2.68. The van der Waals surface area contributed by atoms with Gasteiger partial charge in [0.1, 0.15) is 23.9 Å². The molecule has 1 saturated heterocycles. The van der Waals surface area contributed by atoms with E-state index < -0.39 is 76.6 Å². The maximum atomic E-state index is 13.9. The van der Waals surface area contributed by atoms with E-state index >= 15 is 0 Å². The summed E-state index contributed by atoms with van der Waals surface area (Å²) in [4.78, 5) is 39.2. The van der Waals surface area contributed by atoms with Crippen LogP contribution >= 0.6 is 0 Å². The standard InChI is InChI=1S/C34H44O10/c1-8-26(37)42-24-16-25-33(18-40-25,44-21(4)36)28-29(43-30(38)22-12-10-9-11-13-22)34(39)15-14-19(2)27(31(34,5)6)23(41-20(3)35)17-32(24,28)7/h8-13,23-26,28-29,37,39H,1,14-18H2,2-7H3/t23?,24-,25+,26-,28?,29-,32+,33-,34+/m0/s1. The fourth-order valence-electron chi connectivity index (χ4n) is 8.64. The van der Waals surface area contributed by atoms with Gasteiger partial charge in [0.15, 0.2) is 11.9 Å². The Labute approximate surface area is 258 Å². The largest absolute Gasteiger partial charge is 0.458 e. The molecule has 2 unspecified atom stereocenters. The summed E-state index contributed by atoms with van der Waals surface area (Å²) < 4.78 is 30.9. The molecule has 3 aliphatic carbocycles. The lowest BCUT2D eigenvalue weighted by atomic mass is 9.45. The van der Waals surface area contributed by atoms with Crippen molar-refractivity contribution in [2.24, 2.45) is 16.7 Å². The quantitative estimate of drug-likeness (QED) is 0.201. The molecule has 9 atom stereocenters. The van der Waals surface area contributed by atoms with E-state index in [1.54, 1.807) is 30.3 Å². The summed E-state index contributed by atoms with van der Waals surface area (Å²) in [5.41, 5.74) is -3.14. The van der Waals surface area contributed by atoms with Gasteiger partial charge in [0, 0.05) is 31.1 Å². The Morgan fingerprint density at radius 3 is 2.34 bits per heavy atom. The van der Waals surface area contributed by atoms with Gasteiger partial charge in [-0.15, -0.1) is 0 Å². The number of hydrogen-bond acceptors (Lipinski definition) is 10. The molecule has 1 aromatic carbocycles. The van der Waals surface area contributed by atoms with Crippen LogP contribution in [-0.2, 0) is 33.3 Å². The molecule has 2 N–H and O–H groups in total. The Morgan fingerprint density at radius 1 is 1.09 bits per heavy atom. The lowest BCUT2D eigenvalue weighted by Crippen LogP contribution is -2.80. The maximum Gasteiger partial charge on any atom is 0.338 e. The SMILES string of the molecule is C=C[C@@H](O)O[C@H]1C[C@H]2OC[C@@]2(OC(C)=O)C2[C@H](OC(=O)c3ccccc3)[C@]3(O)CCC(C)=C(C(OC(C)=O)C[C@@]21C)C3(C)C. The van der Waals surface area contributed by atoms with Crippen LogP contribution < -0.4 is 0 Å². The predicted octanol–water partition coefficient (Wildman–Crippen LogP) is 4.03. The first-order valence-corrected chi connectivity index (χ1v) is 15.2. The molecule has 1 aromatic rings. The molecule has 240 valence electrons. The van der Waals surface area contributed by atoms with Crippen LogP contribution in [-0.4, -0.2) is 76.6 Å². The number of aliphatic hydroxyl groups excluding tert-OH is 1. The highest BCUT2D eigenvalue weighted by molar-refractivity contribution is 5.89. The number of allylic oxidation sites excluding steroid dienone is 1. The van der Waals surface area contributed by atoms with Crippen LogP contribution in [0.4, 0.5) is 0 Å². The summed E-state index contributed by atoms with van der Waals surface area (Å²) >= 11 is 0. The Hall–Kier alpha value is -3.05. The fourth-order valence-corrected chi connectivity index (χ4v) is 8.64. The maximum absolute atomic E-state index is 13.9. The van der Waals surface area contributed by atoms with Gasteiger partial charge in [-0.2, -0.15) is 0 Å². The second kappa shape index (κ2) is 11.4. The summed E-state index contributed by atoms with van der Waals surface area (Å²) in [5, 5.41) is 23.7. The number of aliphatic hydroxyl groups is 2. The van der Waals surface area contributed by atoms with Gasteiger partial charge in [0.2, 0.25) is 0 Å². The molecule has 2 bridgehead atoms. The van der Waals surface area contributed by atoms with Gasteiger partial charge in [-0.25, -0.2) is 4.79 Å². The van der Waals surface area contributed by atoms with Crippen molar-refractivity contribution in [3.8, 4) is 0 Å². The second-order valence-electron chi connectivity index (χ2n) is 13.6. The van der Waals surface area contributed by atoms with Crippen molar-refractivity contribution in [1.29, 1.82) is 0 Å². The molecule has 0 aromatic heterocycles. The highest BCUT2D eigenvalue weighted by atomic mass is 16.6. The van der Waals surface area contributed by atoms with Crippen LogP contribution in [0.5, 0.6) is 0 Å². The number of esters is 3. The molecule has 0 radical (unpaired) electrons. The molecular weight excluding hydrogens is 568 g/mol. The first-order valence-electron chi connectivity index (χ1n) is 15.2. The van der Waals surface area contributed by atoms with Crippen molar-refractivity contribution in [3.05, 3.63) is 59.7 Å². The van der Waals surface area contributed by atoms with Crippen molar-refractivity contribution < 1.29 is 48.3 Å². The van der Waals surface area contributed by atoms with Gasteiger partial charge >= 0.3 is 17.9 Å². The van der Waals surface area contributed by atoms with E-state index in [1.807, 2.05) is 27.7 Å². The van der Waals surface area contributed by atoms with E-state index in [4.69, 9.17) is 23.7 Å². The monoisotopic (exact) mass is 612 g/mol. The normalized spacial score (nSPS) is 38.0. The van der Waals surface area contributed by atoms with Crippen LogP contribution in [0.3, 0.4) is 0 Å². The summed E-state index contributed by atoms with van der Waals surface area (Å²) in [6.07, 6.45) is -2.46. The van der Waals surface area contributed by atoms with Crippen molar-refractivity contribution >= 4 is 17.9 Å². The number of hydrogen-bond donors (Lipinski definition) is 2. The molecule has 0 amide bonds. The van der Waals surface area contributed by atoms with E-state index in [0.29, 0.717) is 12.0 Å². The highest BCUT2D eigenvalue weighted by Gasteiger charge is 2.76. The molecule has 10 nitrogen and oxygen atoms in total. The molecule has 44 heavy (non-hydrogen) atoms. The summed E-state index contributed by atoms with van der Waals surface area (Å²) in [6.45, 7) is 13.9. The minimum Gasteiger partial charge on any atom is -0.458 e. The first kappa shape index (κ1) is 32.3. The average molecular weight is 613 g/mol. The molecule has 2 saturated carbocycles. The number of fused-ring (bicyclic) bond motifs is 5. The number of carbonyl (C=O) groups excluding carboxylic acids is 3. The van der Waals surface area contributed by atoms with E-state index in [2.05, 4.69) is 6.58 Å². The zero-order valence-electron chi connectivity index (χ0n) is 26.3. The van der Waals surface area contributed by atoms with Gasteiger partial charge < -0.3 is 33.9 Å². The summed E-state index contributed by atoms with van der Waals surface area (Å²) in [6, 6.07) is 8.51. The highest BCUT2D eigenvalue weighted by Crippen LogP contribution is 2.65. The third-order valence-corrected chi connectivity index (χ3v) is 10.7. The van der Waals surface area contributed by atoms with Gasteiger partial charge in [-0.05, 0) is 50.0 Å². The minimum atomic E-state index is -1.71. The van der Waals surface area contributed by atoms with Crippen molar-refractivity contribution in [1.82, 2.24) is 0 Å². The zero-order chi connectivity index (χ0) is 32.2. The first-order chi connectivity index (χ1) is 20.6. The number of carbonyl (C=O) groups is 3. The molecule has 1 aliphatic heterocycles. The predicted molar refractivity (Wildman–Crippen MR) is 158 cm³/mol. The number of rotatable bonds is 7. The number of ether oxygens (including phenoxy) is 5. The molecule has 5 rings (SSSR count). The zero-order valence-corrected chi connectivity index (χ0v) is 26.3. The van der Waals surface area contributed by atoms with Crippen LogP contribution in [0.1, 0.15) is 77.6 Å². The summed E-state index contributed by atoms with van der Waals surface area (Å²) in [7, 11) is 0. The Balaban J connectivity index is 1.80. The smallest absolute Gasteiger partial charge is 0.338 e. The van der Waals surface area contributed by atoms with Crippen molar-refractivity contribution in [2.45, 2.75) is 109 Å². The van der Waals surface area contributed by atoms with Crippen LogP contribution in [0.2, 0.25) is 0 Å². The van der Waals surface area contributed by atoms with Gasteiger partial charge in [0.25, 0.3) is 0 Å². The molecule has 0 spiro atoms. The molecule has 10 heteroatoms. The van der Waals surface area contributed by atoms with E-state index in [1.165, 1.54) is 19.9 Å². The molecule has 3 fully saturated rings.